The lowest BCUT2D eigenvalue weighted by Crippen LogP contribution is -2.69. The number of carbonyl (C=O) groups excluding carboxylic acids is 4. The lowest BCUT2D eigenvalue weighted by Gasteiger charge is -2.53. The van der Waals surface area contributed by atoms with E-state index in [0.29, 0.717) is 0 Å². The molecule has 13 nitrogen and oxygen atoms in total. The van der Waals surface area contributed by atoms with E-state index in [9.17, 15) is 19.2 Å². The van der Waals surface area contributed by atoms with Crippen LogP contribution in [0.5, 0.6) is 0 Å². The molecule has 18 atom stereocenters. The molecular formula is C38H34O13. The van der Waals surface area contributed by atoms with E-state index in [1.54, 1.807) is 0 Å². The molecule has 0 spiro atoms. The second-order valence-electron chi connectivity index (χ2n) is 15.8. The summed E-state index contributed by atoms with van der Waals surface area (Å²) in [6.45, 7) is 0. The monoisotopic (exact) mass is 698 g/mol. The van der Waals surface area contributed by atoms with Crippen molar-refractivity contribution in [1.29, 1.82) is 0 Å². The summed E-state index contributed by atoms with van der Waals surface area (Å²) in [6.07, 6.45) is -4.02. The van der Waals surface area contributed by atoms with Crippen LogP contribution in [0.2, 0.25) is 0 Å². The van der Waals surface area contributed by atoms with Crippen LogP contribution in [0.15, 0.2) is 48.5 Å². The number of carbonyl (C=O) groups is 4. The summed E-state index contributed by atoms with van der Waals surface area (Å²) >= 11 is 0. The largest absolute Gasteiger partial charge is 0.467 e. The summed E-state index contributed by atoms with van der Waals surface area (Å²) in [5, 5.41) is 0. The lowest BCUT2D eigenvalue weighted by molar-refractivity contribution is -0.208. The van der Waals surface area contributed by atoms with Gasteiger partial charge in [0.05, 0.1) is 65.1 Å². The predicted molar refractivity (Wildman–Crippen MR) is 164 cm³/mol. The Labute approximate surface area is 291 Å². The first-order valence-electron chi connectivity index (χ1n) is 17.6. The molecule has 12 rings (SSSR count). The van der Waals surface area contributed by atoms with Crippen LogP contribution in [0, 0.1) is 47.3 Å². The van der Waals surface area contributed by atoms with Gasteiger partial charge in [0.15, 0.2) is 22.4 Å². The van der Waals surface area contributed by atoms with Crippen molar-refractivity contribution >= 4 is 23.9 Å². The van der Waals surface area contributed by atoms with Gasteiger partial charge in [-0.3, -0.25) is 0 Å². The third-order valence-corrected chi connectivity index (χ3v) is 15.0. The van der Waals surface area contributed by atoms with E-state index < -0.39 is 130 Å². The fraction of sp³-hybridized carbons (Fsp3) is 0.579. The second-order valence-corrected chi connectivity index (χ2v) is 15.8. The summed E-state index contributed by atoms with van der Waals surface area (Å²) in [5.74, 6) is -8.21. The van der Waals surface area contributed by atoms with E-state index in [0.717, 1.165) is 22.3 Å². The Kier molecular flexibility index (Phi) is 5.14. The van der Waals surface area contributed by atoms with Gasteiger partial charge in [0.2, 0.25) is 0 Å². The minimum Gasteiger partial charge on any atom is -0.467 e. The number of esters is 4. The molecule has 2 aromatic carbocycles. The maximum atomic E-state index is 14.5. The Balaban J connectivity index is 1.11. The van der Waals surface area contributed by atoms with Crippen LogP contribution in [0.4, 0.5) is 0 Å². The molecule has 10 aliphatic rings. The molecule has 0 aliphatic carbocycles. The third kappa shape index (κ3) is 2.59. The summed E-state index contributed by atoms with van der Waals surface area (Å²) < 4.78 is 56.9. The number of benzene rings is 2. The molecule has 2 aromatic rings. The van der Waals surface area contributed by atoms with E-state index in [1.165, 1.54) is 28.4 Å². The summed E-state index contributed by atoms with van der Waals surface area (Å²) in [5.41, 5.74) is -3.09. The zero-order valence-corrected chi connectivity index (χ0v) is 28.0. The lowest BCUT2D eigenvalue weighted by atomic mass is 9.42. The molecule has 10 heterocycles. The molecule has 0 radical (unpaired) electrons. The van der Waals surface area contributed by atoms with Gasteiger partial charge in [0.1, 0.15) is 0 Å². The minimum absolute atomic E-state index is 0.565. The first-order valence-corrected chi connectivity index (χ1v) is 17.6. The number of methoxy groups -OCH3 is 4. The maximum absolute atomic E-state index is 14.5. The van der Waals surface area contributed by atoms with Gasteiger partial charge in [-0.05, 0) is 22.3 Å². The Morgan fingerprint density at radius 3 is 0.922 bits per heavy atom. The highest BCUT2D eigenvalue weighted by atomic mass is 16.7. The van der Waals surface area contributed by atoms with Crippen LogP contribution in [0.1, 0.15) is 46.7 Å². The zero-order chi connectivity index (χ0) is 34.7. The van der Waals surface area contributed by atoms with Gasteiger partial charge in [-0.15, -0.1) is 0 Å². The van der Waals surface area contributed by atoms with Crippen molar-refractivity contribution in [3.63, 3.8) is 0 Å². The minimum atomic E-state index is -1.70. The molecular weight excluding hydrogens is 664 g/mol. The van der Waals surface area contributed by atoms with E-state index in [2.05, 4.69) is 0 Å². The summed E-state index contributed by atoms with van der Waals surface area (Å²) in [4.78, 5) is 58.1. The molecule has 2 unspecified atom stereocenters. The average Bonchev–Trinajstić information content (AvgIpc) is 4.03. The van der Waals surface area contributed by atoms with E-state index in [4.69, 9.17) is 42.6 Å². The highest BCUT2D eigenvalue weighted by Gasteiger charge is 2.98. The normalized spacial score (nSPS) is 52.2. The molecule has 13 heteroatoms. The van der Waals surface area contributed by atoms with Crippen LogP contribution < -0.4 is 0 Å². The highest BCUT2D eigenvalue weighted by molar-refractivity contribution is 5.93. The first-order chi connectivity index (χ1) is 24.7. The molecule has 0 amide bonds. The van der Waals surface area contributed by atoms with Gasteiger partial charge in [0.25, 0.3) is 0 Å². The smallest absolute Gasteiger partial charge is 0.339 e. The van der Waals surface area contributed by atoms with Crippen LogP contribution in [-0.4, -0.2) is 86.9 Å². The van der Waals surface area contributed by atoms with Crippen molar-refractivity contribution in [2.45, 2.75) is 59.0 Å². The van der Waals surface area contributed by atoms with Gasteiger partial charge in [-0.2, -0.15) is 0 Å². The molecule has 10 bridgehead atoms. The van der Waals surface area contributed by atoms with Crippen LogP contribution in [0.3, 0.4) is 0 Å². The first kappa shape index (κ1) is 29.7. The Bertz CT molecular complexity index is 1760. The molecule has 8 fully saturated rings. The van der Waals surface area contributed by atoms with Gasteiger partial charge < -0.3 is 42.6 Å². The van der Waals surface area contributed by atoms with Crippen LogP contribution >= 0.6 is 0 Å². The van der Waals surface area contributed by atoms with Crippen molar-refractivity contribution in [2.75, 3.05) is 28.4 Å². The quantitative estimate of drug-likeness (QED) is 0.339. The van der Waals surface area contributed by atoms with Crippen LogP contribution in [-0.2, 0) is 61.8 Å². The van der Waals surface area contributed by atoms with Crippen molar-refractivity contribution < 1.29 is 61.8 Å². The van der Waals surface area contributed by atoms with Gasteiger partial charge in [0, 0.05) is 47.3 Å². The molecule has 264 valence electrons. The number of rotatable bonds is 4. The van der Waals surface area contributed by atoms with Crippen molar-refractivity contribution in [2.24, 2.45) is 47.3 Å². The van der Waals surface area contributed by atoms with Crippen molar-refractivity contribution in [3.05, 3.63) is 70.8 Å². The average molecular weight is 699 g/mol. The molecule has 10 aliphatic heterocycles. The second kappa shape index (κ2) is 8.83. The predicted octanol–water partition coefficient (Wildman–Crippen LogP) is 2.08. The number of hydrogen-bond acceptors (Lipinski definition) is 13. The van der Waals surface area contributed by atoms with Crippen molar-refractivity contribution in [3.8, 4) is 0 Å². The van der Waals surface area contributed by atoms with Gasteiger partial charge in [-0.25, -0.2) is 19.2 Å². The van der Waals surface area contributed by atoms with E-state index in [-0.39, 0.29) is 0 Å². The molecule has 8 saturated heterocycles. The van der Waals surface area contributed by atoms with E-state index >= 15 is 0 Å². The van der Waals surface area contributed by atoms with E-state index in [1.807, 2.05) is 48.5 Å². The standard InChI is InChI=1S/C38H34O13/c1-43-31(39)35-17-18(26-14-10-6-5-9-13(14)25(17)47-26)36(50-35,32(40)44-2)22-21(35)29-23-24(30(22)49-29)38(34(42)46-4)20-19(37(23,51-38)33(41)45-3)27-15-11-7-8-12-16(15)28(20)48-27/h5-12,17-30H,1-4H3/t17-,18+,19+,20-,21+,22-,23-,24+,25+,26-,27-,28+,29?,30?,35+,36-,37-,38+. The Morgan fingerprint density at radius 2 is 0.686 bits per heavy atom. The van der Waals surface area contributed by atoms with Crippen molar-refractivity contribution in [1.82, 2.24) is 0 Å². The molecule has 0 aromatic heterocycles. The fourth-order valence-electron chi connectivity index (χ4n) is 14.2. The third-order valence-electron chi connectivity index (χ3n) is 15.0. The number of ether oxygens (including phenoxy) is 9. The highest BCUT2D eigenvalue weighted by Crippen LogP contribution is 2.85. The molecule has 0 saturated carbocycles. The SMILES string of the molecule is COC(=O)[C@@]12O[C@@](C(=O)OC)([C@@H]3[C@H]1[C@@H]1O[C@H]3c3ccccc31)[C@@H]1C3OC([C@@H]4[C@H]3[C@]3(C(=O)OC)O[C@@]4(C(=O)OC)[C@@H]4[C@H]3[C@@H]3O[C@H]4c4ccccc43)[C@@H]12. The summed E-state index contributed by atoms with van der Waals surface area (Å²) in [7, 11) is 5.21. The number of fused-ring (bicyclic) bond motifs is 36. The number of hydrogen-bond donors (Lipinski definition) is 0. The van der Waals surface area contributed by atoms with Gasteiger partial charge in [-0.1, -0.05) is 48.5 Å². The fourth-order valence-corrected chi connectivity index (χ4v) is 14.2. The van der Waals surface area contributed by atoms with Crippen LogP contribution in [0.25, 0.3) is 0 Å². The van der Waals surface area contributed by atoms with Gasteiger partial charge >= 0.3 is 23.9 Å². The maximum Gasteiger partial charge on any atom is 0.339 e. The summed E-state index contributed by atoms with van der Waals surface area (Å²) in [6, 6.07) is 15.6. The molecule has 51 heavy (non-hydrogen) atoms. The topological polar surface area (TPSA) is 151 Å². The molecule has 0 N–H and O–H groups in total. The zero-order valence-electron chi connectivity index (χ0n) is 28.0. The Morgan fingerprint density at radius 1 is 0.431 bits per heavy atom. The Hall–Kier alpha value is -3.88.